The Kier molecular flexibility index (Phi) is 2.64. The van der Waals surface area contributed by atoms with Gasteiger partial charge in [0.15, 0.2) is 0 Å². The zero-order valence-electron chi connectivity index (χ0n) is 6.87. The molecule has 61 valence electrons. The Bertz CT molecular complexity index is 301. The Labute approximate surface area is 71.7 Å². The van der Waals surface area contributed by atoms with Crippen LogP contribution in [0.3, 0.4) is 0 Å². The molecule has 0 unspecified atom stereocenters. The number of nitrogens with two attached hydrogens (primary N) is 1. The van der Waals surface area contributed by atoms with Crippen LogP contribution in [0.2, 0.25) is 0 Å². The van der Waals surface area contributed by atoms with E-state index in [9.17, 15) is 4.79 Å². The van der Waals surface area contributed by atoms with Gasteiger partial charge in [0, 0.05) is 5.56 Å². The largest absolute Gasteiger partial charge is 0.395 e. The van der Waals surface area contributed by atoms with Gasteiger partial charge in [-0.2, -0.15) is 0 Å². The molecule has 0 aromatic heterocycles. The number of Topliss-reactive ketones (excluding diaryl/α,β-unsaturated/α-hetero) is 1. The highest BCUT2D eigenvalue weighted by Gasteiger charge is 2.05. The number of rotatable bonds is 2. The number of carbonyl (C=O) groups excluding carboxylic acids is 1. The normalized spacial score (nSPS) is 11.2. The van der Waals surface area contributed by atoms with Gasteiger partial charge < -0.3 is 5.73 Å². The van der Waals surface area contributed by atoms with Crippen molar-refractivity contribution >= 4 is 5.78 Å². The predicted octanol–water partition coefficient (Wildman–Crippen LogP) is 1.53. The lowest BCUT2D eigenvalue weighted by Crippen LogP contribution is -2.11. The molecular formula is C10H10NO. The van der Waals surface area contributed by atoms with Gasteiger partial charge in [0.25, 0.3) is 0 Å². The summed E-state index contributed by atoms with van der Waals surface area (Å²) in [6.07, 6.45) is 2.61. The summed E-state index contributed by atoms with van der Waals surface area (Å²) in [7, 11) is 0. The van der Waals surface area contributed by atoms with E-state index < -0.39 is 0 Å². The molecule has 1 radical (unpaired) electrons. The third-order valence-corrected chi connectivity index (χ3v) is 1.55. The van der Waals surface area contributed by atoms with Crippen LogP contribution in [-0.4, -0.2) is 5.78 Å². The number of benzene rings is 1. The minimum Gasteiger partial charge on any atom is -0.395 e. The Balaban J connectivity index is 2.94. The standard InChI is InChI=1S/C10H10NO/c1-2-9(11)10(12)8-6-4-3-5-7-8/h3-7H,11H2,1H3. The molecule has 1 aromatic carbocycles. The highest BCUT2D eigenvalue weighted by molar-refractivity contribution is 6.07. The number of hydrogen-bond donors (Lipinski definition) is 1. The van der Waals surface area contributed by atoms with E-state index in [0.717, 1.165) is 0 Å². The van der Waals surface area contributed by atoms with Gasteiger partial charge in [-0.25, -0.2) is 0 Å². The minimum absolute atomic E-state index is 0.168. The van der Waals surface area contributed by atoms with Crippen LogP contribution in [-0.2, 0) is 0 Å². The van der Waals surface area contributed by atoms with E-state index >= 15 is 0 Å². The van der Waals surface area contributed by atoms with Crippen LogP contribution in [0.15, 0.2) is 36.0 Å². The minimum atomic E-state index is -0.168. The SMILES string of the molecule is C[C]=C(N)C(=O)c1ccccc1. The molecule has 12 heavy (non-hydrogen) atoms. The van der Waals surface area contributed by atoms with Crippen molar-refractivity contribution < 1.29 is 4.79 Å². The van der Waals surface area contributed by atoms with Gasteiger partial charge in [-0.1, -0.05) is 30.3 Å². The molecule has 0 aliphatic heterocycles. The number of ketones is 1. The quantitative estimate of drug-likeness (QED) is 0.526. The lowest BCUT2D eigenvalue weighted by molar-refractivity contribution is 0.103. The fraction of sp³-hybridized carbons (Fsp3) is 0.100. The van der Waals surface area contributed by atoms with Gasteiger partial charge in [0.05, 0.1) is 5.70 Å². The molecule has 0 amide bonds. The maximum atomic E-state index is 11.4. The highest BCUT2D eigenvalue weighted by Crippen LogP contribution is 2.03. The van der Waals surface area contributed by atoms with Crippen molar-refractivity contribution in [3.63, 3.8) is 0 Å². The van der Waals surface area contributed by atoms with Crippen molar-refractivity contribution in [3.8, 4) is 0 Å². The molecule has 2 nitrogen and oxygen atoms in total. The molecule has 0 spiro atoms. The van der Waals surface area contributed by atoms with E-state index in [2.05, 4.69) is 6.08 Å². The summed E-state index contributed by atoms with van der Waals surface area (Å²) in [5, 5.41) is 0. The monoisotopic (exact) mass is 160 g/mol. The van der Waals surface area contributed by atoms with E-state index in [1.165, 1.54) is 0 Å². The molecule has 2 N–H and O–H groups in total. The highest BCUT2D eigenvalue weighted by atomic mass is 16.1. The van der Waals surface area contributed by atoms with Crippen molar-refractivity contribution in [2.45, 2.75) is 6.92 Å². The zero-order valence-corrected chi connectivity index (χ0v) is 6.87. The van der Waals surface area contributed by atoms with Crippen LogP contribution in [0.1, 0.15) is 17.3 Å². The van der Waals surface area contributed by atoms with Gasteiger partial charge in [-0.15, -0.1) is 0 Å². The summed E-state index contributed by atoms with van der Waals surface area (Å²) >= 11 is 0. The lowest BCUT2D eigenvalue weighted by atomic mass is 10.1. The summed E-state index contributed by atoms with van der Waals surface area (Å²) < 4.78 is 0. The van der Waals surface area contributed by atoms with Crippen molar-refractivity contribution in [3.05, 3.63) is 47.7 Å². The van der Waals surface area contributed by atoms with Gasteiger partial charge >= 0.3 is 0 Å². The second-order valence-corrected chi connectivity index (χ2v) is 2.36. The Hall–Kier alpha value is -1.57. The molecule has 0 aliphatic carbocycles. The smallest absolute Gasteiger partial charge is 0.208 e. The van der Waals surface area contributed by atoms with Crippen LogP contribution in [0.25, 0.3) is 0 Å². The molecule has 1 rings (SSSR count). The van der Waals surface area contributed by atoms with Gasteiger partial charge in [-0.05, 0) is 13.0 Å². The fourth-order valence-corrected chi connectivity index (χ4v) is 0.859. The zero-order chi connectivity index (χ0) is 8.97. The third kappa shape index (κ3) is 1.72. The molecule has 0 atom stereocenters. The van der Waals surface area contributed by atoms with Crippen molar-refractivity contribution in [1.82, 2.24) is 0 Å². The number of allylic oxidation sites excluding steroid dienone is 2. The second-order valence-electron chi connectivity index (χ2n) is 2.36. The maximum absolute atomic E-state index is 11.4. The summed E-state index contributed by atoms with van der Waals surface area (Å²) in [5.74, 6) is -0.168. The molecule has 0 saturated carbocycles. The summed E-state index contributed by atoms with van der Waals surface area (Å²) in [4.78, 5) is 11.4. The predicted molar refractivity (Wildman–Crippen MR) is 47.4 cm³/mol. The average molecular weight is 160 g/mol. The molecule has 2 heteroatoms. The lowest BCUT2D eigenvalue weighted by Gasteiger charge is -1.98. The van der Waals surface area contributed by atoms with Crippen LogP contribution in [0, 0.1) is 6.08 Å². The van der Waals surface area contributed by atoms with Gasteiger partial charge in [-0.3, -0.25) is 4.79 Å². The Morgan fingerprint density at radius 3 is 2.42 bits per heavy atom. The molecule has 1 aromatic rings. The van der Waals surface area contributed by atoms with Crippen LogP contribution < -0.4 is 5.73 Å². The average Bonchev–Trinajstić information content (AvgIpc) is 2.17. The van der Waals surface area contributed by atoms with Gasteiger partial charge in [0.1, 0.15) is 0 Å². The molecule has 0 aliphatic rings. The number of carbonyl (C=O) groups is 1. The second kappa shape index (κ2) is 3.72. The van der Waals surface area contributed by atoms with Gasteiger partial charge in [0.2, 0.25) is 5.78 Å². The molecule has 0 heterocycles. The van der Waals surface area contributed by atoms with E-state index in [1.54, 1.807) is 31.2 Å². The molecular weight excluding hydrogens is 150 g/mol. The van der Waals surface area contributed by atoms with Crippen LogP contribution >= 0.6 is 0 Å². The number of hydrogen-bond acceptors (Lipinski definition) is 2. The van der Waals surface area contributed by atoms with Crippen molar-refractivity contribution in [1.29, 1.82) is 0 Å². The molecule has 0 fully saturated rings. The molecule has 0 bridgehead atoms. The first-order chi connectivity index (χ1) is 5.75. The van der Waals surface area contributed by atoms with Crippen molar-refractivity contribution in [2.24, 2.45) is 5.73 Å². The van der Waals surface area contributed by atoms with E-state index in [-0.39, 0.29) is 11.5 Å². The van der Waals surface area contributed by atoms with Crippen LogP contribution in [0.4, 0.5) is 0 Å². The fourth-order valence-electron chi connectivity index (χ4n) is 0.859. The van der Waals surface area contributed by atoms with E-state index in [4.69, 9.17) is 5.73 Å². The van der Waals surface area contributed by atoms with Crippen molar-refractivity contribution in [2.75, 3.05) is 0 Å². The summed E-state index contributed by atoms with van der Waals surface area (Å²) in [6, 6.07) is 8.91. The maximum Gasteiger partial charge on any atom is 0.208 e. The van der Waals surface area contributed by atoms with E-state index in [0.29, 0.717) is 5.56 Å². The van der Waals surface area contributed by atoms with E-state index in [1.807, 2.05) is 6.07 Å². The first kappa shape index (κ1) is 8.53. The topological polar surface area (TPSA) is 43.1 Å². The molecule has 0 saturated heterocycles. The van der Waals surface area contributed by atoms with Crippen LogP contribution in [0.5, 0.6) is 0 Å². The first-order valence-electron chi connectivity index (χ1n) is 3.65. The summed E-state index contributed by atoms with van der Waals surface area (Å²) in [5.41, 5.74) is 6.17. The summed E-state index contributed by atoms with van der Waals surface area (Å²) in [6.45, 7) is 1.62. The first-order valence-corrected chi connectivity index (χ1v) is 3.65. The Morgan fingerprint density at radius 1 is 1.33 bits per heavy atom. The third-order valence-electron chi connectivity index (χ3n) is 1.55. The Morgan fingerprint density at radius 2 is 1.92 bits per heavy atom.